The van der Waals surface area contributed by atoms with Crippen LogP contribution in [-0.4, -0.2) is 43.3 Å². The van der Waals surface area contributed by atoms with E-state index in [0.29, 0.717) is 5.56 Å². The molecule has 0 saturated carbocycles. The highest BCUT2D eigenvalue weighted by molar-refractivity contribution is 9.09. The first kappa shape index (κ1) is 12.6. The van der Waals surface area contributed by atoms with E-state index in [-0.39, 0.29) is 11.9 Å². The zero-order valence-corrected chi connectivity index (χ0v) is 12.1. The Labute approximate surface area is 119 Å². The second kappa shape index (κ2) is 5.28. The lowest BCUT2D eigenvalue weighted by Gasteiger charge is -2.34. The lowest BCUT2D eigenvalue weighted by molar-refractivity contribution is 0.0644. The van der Waals surface area contributed by atoms with Crippen LogP contribution in [0.15, 0.2) is 24.8 Å². The third-order valence-corrected chi connectivity index (χ3v) is 4.37. The third-order valence-electron chi connectivity index (χ3n) is 3.62. The molecule has 3 rings (SSSR count). The van der Waals surface area contributed by atoms with Crippen molar-refractivity contribution < 1.29 is 4.79 Å². The largest absolute Gasteiger partial charge is 0.335 e. The smallest absolute Gasteiger partial charge is 0.258 e. The summed E-state index contributed by atoms with van der Waals surface area (Å²) in [6.45, 7) is 0.826. The van der Waals surface area contributed by atoms with Gasteiger partial charge in [-0.25, -0.2) is 4.52 Å². The fourth-order valence-electron chi connectivity index (χ4n) is 2.58. The van der Waals surface area contributed by atoms with Crippen LogP contribution < -0.4 is 0 Å². The molecule has 0 radical (unpaired) electrons. The summed E-state index contributed by atoms with van der Waals surface area (Å²) >= 11 is 3.51. The lowest BCUT2D eigenvalue weighted by atomic mass is 10.0. The van der Waals surface area contributed by atoms with E-state index < -0.39 is 0 Å². The number of alkyl halides is 1. The van der Waals surface area contributed by atoms with Gasteiger partial charge in [-0.2, -0.15) is 5.10 Å². The molecular weight excluding hydrogens is 308 g/mol. The highest BCUT2D eigenvalue weighted by Gasteiger charge is 2.28. The molecule has 19 heavy (non-hydrogen) atoms. The number of carbonyl (C=O) groups is 1. The zero-order valence-electron chi connectivity index (χ0n) is 10.5. The van der Waals surface area contributed by atoms with E-state index in [4.69, 9.17) is 0 Å². The Morgan fingerprint density at radius 3 is 3.16 bits per heavy atom. The fourth-order valence-corrected chi connectivity index (χ4v) is 3.26. The van der Waals surface area contributed by atoms with E-state index in [2.05, 4.69) is 26.0 Å². The van der Waals surface area contributed by atoms with Crippen molar-refractivity contribution in [3.63, 3.8) is 0 Å². The van der Waals surface area contributed by atoms with Crippen LogP contribution in [0.5, 0.6) is 0 Å². The van der Waals surface area contributed by atoms with Gasteiger partial charge in [0.2, 0.25) is 0 Å². The van der Waals surface area contributed by atoms with Crippen LogP contribution in [0.2, 0.25) is 0 Å². The molecule has 5 nitrogen and oxygen atoms in total. The SMILES string of the molecule is O=C(c1cnn2ccncc12)N1CCCCC1CBr. The van der Waals surface area contributed by atoms with E-state index in [1.165, 1.54) is 6.42 Å². The van der Waals surface area contributed by atoms with E-state index >= 15 is 0 Å². The number of hydrogen-bond acceptors (Lipinski definition) is 3. The average molecular weight is 323 g/mol. The molecule has 6 heteroatoms. The van der Waals surface area contributed by atoms with E-state index in [1.807, 2.05) is 4.90 Å². The summed E-state index contributed by atoms with van der Waals surface area (Å²) in [6.07, 6.45) is 10.1. The van der Waals surface area contributed by atoms with Crippen LogP contribution in [0.1, 0.15) is 29.6 Å². The van der Waals surface area contributed by atoms with Gasteiger partial charge in [-0.05, 0) is 19.3 Å². The van der Waals surface area contributed by atoms with Crippen LogP contribution in [0.3, 0.4) is 0 Å². The van der Waals surface area contributed by atoms with Gasteiger partial charge in [0.05, 0.1) is 23.5 Å². The van der Waals surface area contributed by atoms with Crippen molar-refractivity contribution in [2.24, 2.45) is 0 Å². The molecule has 1 aliphatic heterocycles. The molecule has 0 bridgehead atoms. The molecule has 1 atom stereocenters. The summed E-state index contributed by atoms with van der Waals surface area (Å²) < 4.78 is 1.69. The van der Waals surface area contributed by atoms with Gasteiger partial charge in [-0.15, -0.1) is 0 Å². The third kappa shape index (κ3) is 2.25. The molecule has 2 aromatic heterocycles. The number of hydrogen-bond donors (Lipinski definition) is 0. The Bertz CT molecular complexity index is 597. The van der Waals surface area contributed by atoms with Crippen LogP contribution in [0.25, 0.3) is 5.52 Å². The lowest BCUT2D eigenvalue weighted by Crippen LogP contribution is -2.44. The van der Waals surface area contributed by atoms with Gasteiger partial charge in [-0.1, -0.05) is 15.9 Å². The van der Waals surface area contributed by atoms with E-state index in [0.717, 1.165) is 30.2 Å². The summed E-state index contributed by atoms with van der Waals surface area (Å²) in [5, 5.41) is 5.03. The molecule has 1 aliphatic rings. The van der Waals surface area contributed by atoms with Gasteiger partial charge >= 0.3 is 0 Å². The van der Waals surface area contributed by atoms with Crippen LogP contribution in [0.4, 0.5) is 0 Å². The quantitative estimate of drug-likeness (QED) is 0.796. The summed E-state index contributed by atoms with van der Waals surface area (Å²) in [7, 11) is 0. The first-order chi connectivity index (χ1) is 9.31. The molecule has 0 N–H and O–H groups in total. The summed E-state index contributed by atoms with van der Waals surface area (Å²) in [5.41, 5.74) is 1.41. The van der Waals surface area contributed by atoms with Crippen LogP contribution in [-0.2, 0) is 0 Å². The molecule has 100 valence electrons. The first-order valence-electron chi connectivity index (χ1n) is 6.45. The average Bonchev–Trinajstić information content (AvgIpc) is 2.90. The molecule has 2 aromatic rings. The monoisotopic (exact) mass is 322 g/mol. The minimum Gasteiger partial charge on any atom is -0.335 e. The number of likely N-dealkylation sites (tertiary alicyclic amines) is 1. The molecule has 3 heterocycles. The van der Waals surface area contributed by atoms with E-state index in [1.54, 1.807) is 29.3 Å². The number of halogens is 1. The number of amides is 1. The van der Waals surface area contributed by atoms with Crippen LogP contribution >= 0.6 is 15.9 Å². The van der Waals surface area contributed by atoms with Crippen molar-refractivity contribution >= 4 is 27.4 Å². The number of rotatable bonds is 2. The first-order valence-corrected chi connectivity index (χ1v) is 7.57. The van der Waals surface area contributed by atoms with Gasteiger partial charge in [0, 0.05) is 30.3 Å². The van der Waals surface area contributed by atoms with Gasteiger partial charge < -0.3 is 4.90 Å². The fraction of sp³-hybridized carbons (Fsp3) is 0.462. The molecule has 0 aliphatic carbocycles. The summed E-state index contributed by atoms with van der Waals surface area (Å²) in [6, 6.07) is 0.285. The Kier molecular flexibility index (Phi) is 3.50. The Hall–Kier alpha value is -1.43. The molecular formula is C13H15BrN4O. The number of fused-ring (bicyclic) bond motifs is 1. The number of piperidine rings is 1. The molecule has 1 amide bonds. The predicted octanol–water partition coefficient (Wildman–Crippen LogP) is 2.12. The van der Waals surface area contributed by atoms with Crippen molar-refractivity contribution in [1.29, 1.82) is 0 Å². The minimum absolute atomic E-state index is 0.0622. The van der Waals surface area contributed by atoms with Crippen molar-refractivity contribution in [3.8, 4) is 0 Å². The summed E-state index contributed by atoms with van der Waals surface area (Å²) in [5.74, 6) is 0.0622. The normalized spacial score (nSPS) is 19.8. The maximum absolute atomic E-state index is 12.7. The minimum atomic E-state index is 0.0622. The number of carbonyl (C=O) groups excluding carboxylic acids is 1. The van der Waals surface area contributed by atoms with Crippen molar-refractivity contribution in [3.05, 3.63) is 30.4 Å². The highest BCUT2D eigenvalue weighted by Crippen LogP contribution is 2.22. The van der Waals surface area contributed by atoms with Crippen molar-refractivity contribution in [2.45, 2.75) is 25.3 Å². The van der Waals surface area contributed by atoms with E-state index in [9.17, 15) is 4.79 Å². The molecule has 1 saturated heterocycles. The predicted molar refractivity (Wildman–Crippen MR) is 75.5 cm³/mol. The van der Waals surface area contributed by atoms with Gasteiger partial charge in [0.1, 0.15) is 0 Å². The highest BCUT2D eigenvalue weighted by atomic mass is 79.9. The Morgan fingerprint density at radius 2 is 2.32 bits per heavy atom. The number of aromatic nitrogens is 3. The van der Waals surface area contributed by atoms with Gasteiger partial charge in [-0.3, -0.25) is 9.78 Å². The standard InChI is InChI=1S/C13H15BrN4O/c14-7-10-3-1-2-5-17(10)13(19)11-8-16-18-6-4-15-9-12(11)18/h4,6,8-10H,1-3,5,7H2. The number of nitrogens with zero attached hydrogens (tertiary/aromatic N) is 4. The maximum atomic E-state index is 12.7. The second-order valence-corrected chi connectivity index (χ2v) is 5.41. The van der Waals surface area contributed by atoms with Crippen LogP contribution in [0, 0.1) is 0 Å². The van der Waals surface area contributed by atoms with Crippen molar-refractivity contribution in [2.75, 3.05) is 11.9 Å². The summed E-state index contributed by atoms with van der Waals surface area (Å²) in [4.78, 5) is 18.7. The molecule has 1 unspecified atom stereocenters. The molecule has 1 fully saturated rings. The zero-order chi connectivity index (χ0) is 13.2. The van der Waals surface area contributed by atoms with Gasteiger partial charge in [0.15, 0.2) is 0 Å². The molecule has 0 aromatic carbocycles. The van der Waals surface area contributed by atoms with Gasteiger partial charge in [0.25, 0.3) is 5.91 Å². The molecule has 0 spiro atoms. The van der Waals surface area contributed by atoms with Crippen molar-refractivity contribution in [1.82, 2.24) is 19.5 Å². The Balaban J connectivity index is 1.94. The maximum Gasteiger partial charge on any atom is 0.258 e. The topological polar surface area (TPSA) is 50.5 Å². The second-order valence-electron chi connectivity index (χ2n) is 4.77. The Morgan fingerprint density at radius 1 is 1.42 bits per heavy atom.